The van der Waals surface area contributed by atoms with Crippen molar-refractivity contribution in [3.8, 4) is 11.3 Å². The van der Waals surface area contributed by atoms with Crippen LogP contribution in [-0.2, 0) is 11.3 Å². The maximum Gasteiger partial charge on any atom is 0.177 e. The minimum atomic E-state index is -0.0933. The summed E-state index contributed by atoms with van der Waals surface area (Å²) in [7, 11) is 0. The Kier molecular flexibility index (Phi) is 3.29. The number of aromatic amines is 1. The van der Waals surface area contributed by atoms with Gasteiger partial charge in [0.2, 0.25) is 0 Å². The van der Waals surface area contributed by atoms with Crippen LogP contribution in [0.3, 0.4) is 0 Å². The lowest BCUT2D eigenvalue weighted by atomic mass is 10.0. The summed E-state index contributed by atoms with van der Waals surface area (Å²) in [5.41, 5.74) is 2.21. The Balaban J connectivity index is 1.98. The van der Waals surface area contributed by atoms with Gasteiger partial charge in [0, 0.05) is 12.8 Å². The minimum Gasteiger partial charge on any atom is -0.373 e. The second-order valence-corrected chi connectivity index (χ2v) is 5.72. The Morgan fingerprint density at radius 2 is 2.16 bits per heavy atom. The Morgan fingerprint density at radius 1 is 1.37 bits per heavy atom. The van der Waals surface area contributed by atoms with Gasteiger partial charge < -0.3 is 14.3 Å². The van der Waals surface area contributed by atoms with Crippen molar-refractivity contribution in [2.75, 3.05) is 6.61 Å². The van der Waals surface area contributed by atoms with Crippen LogP contribution in [0.25, 0.3) is 11.3 Å². The molecular formula is C15H18N2OS. The highest BCUT2D eigenvalue weighted by Gasteiger charge is 2.31. The zero-order valence-electron chi connectivity index (χ0n) is 11.1. The summed E-state index contributed by atoms with van der Waals surface area (Å²) in [4.78, 5) is 3.15. The molecule has 3 rings (SSSR count). The lowest BCUT2D eigenvalue weighted by Crippen LogP contribution is -2.29. The maximum absolute atomic E-state index is 5.88. The van der Waals surface area contributed by atoms with E-state index in [9.17, 15) is 0 Å². The van der Waals surface area contributed by atoms with Gasteiger partial charge in [-0.15, -0.1) is 0 Å². The average Bonchev–Trinajstić information content (AvgIpc) is 2.99. The Bertz CT molecular complexity index is 609. The van der Waals surface area contributed by atoms with Crippen LogP contribution in [0.1, 0.15) is 19.8 Å². The predicted octanol–water partition coefficient (Wildman–Crippen LogP) is 3.78. The Labute approximate surface area is 118 Å². The van der Waals surface area contributed by atoms with Crippen molar-refractivity contribution in [1.82, 2.24) is 9.55 Å². The molecule has 1 fully saturated rings. The molecule has 4 heteroatoms. The number of hydrogen-bond acceptors (Lipinski definition) is 2. The number of benzene rings is 1. The van der Waals surface area contributed by atoms with Crippen molar-refractivity contribution in [3.63, 3.8) is 0 Å². The summed E-state index contributed by atoms with van der Waals surface area (Å²) in [6, 6.07) is 10.3. The van der Waals surface area contributed by atoms with Crippen LogP contribution in [0.2, 0.25) is 0 Å². The quantitative estimate of drug-likeness (QED) is 0.863. The highest BCUT2D eigenvalue weighted by molar-refractivity contribution is 7.71. The van der Waals surface area contributed by atoms with E-state index in [0.29, 0.717) is 0 Å². The van der Waals surface area contributed by atoms with E-state index in [1.54, 1.807) is 0 Å². The van der Waals surface area contributed by atoms with Crippen molar-refractivity contribution in [3.05, 3.63) is 41.3 Å². The number of ether oxygens (including phenoxy) is 1. The van der Waals surface area contributed by atoms with Crippen LogP contribution in [0.5, 0.6) is 0 Å². The maximum atomic E-state index is 5.88. The first-order valence-corrected chi connectivity index (χ1v) is 7.06. The first kappa shape index (κ1) is 12.6. The smallest absolute Gasteiger partial charge is 0.177 e. The van der Waals surface area contributed by atoms with Gasteiger partial charge in [-0.05, 0) is 37.5 Å². The number of imidazole rings is 1. The lowest BCUT2D eigenvalue weighted by Gasteiger charge is -2.24. The van der Waals surface area contributed by atoms with Crippen LogP contribution in [0, 0.1) is 4.77 Å². The third-order valence-electron chi connectivity index (χ3n) is 3.73. The molecule has 1 unspecified atom stereocenters. The summed E-state index contributed by atoms with van der Waals surface area (Å²) in [5.74, 6) is 0. The van der Waals surface area contributed by atoms with E-state index in [1.165, 1.54) is 5.56 Å². The largest absolute Gasteiger partial charge is 0.373 e. The second kappa shape index (κ2) is 4.94. The molecule has 0 radical (unpaired) electrons. The van der Waals surface area contributed by atoms with Gasteiger partial charge in [0.25, 0.3) is 0 Å². The van der Waals surface area contributed by atoms with E-state index in [-0.39, 0.29) is 5.60 Å². The van der Waals surface area contributed by atoms with E-state index in [4.69, 9.17) is 17.0 Å². The van der Waals surface area contributed by atoms with Crippen molar-refractivity contribution in [1.29, 1.82) is 0 Å². The van der Waals surface area contributed by atoms with Crippen LogP contribution in [-0.4, -0.2) is 21.8 Å². The van der Waals surface area contributed by atoms with Crippen molar-refractivity contribution in [2.24, 2.45) is 0 Å². The standard InChI is InChI=1S/C15H18N2OS/c1-15(8-5-9-18-15)11-17-13(10-16-14(17)19)12-6-3-2-4-7-12/h2-4,6-7,10H,5,8-9,11H2,1H3,(H,16,19). The molecule has 3 nitrogen and oxygen atoms in total. The predicted molar refractivity (Wildman–Crippen MR) is 78.6 cm³/mol. The molecule has 1 aromatic heterocycles. The fourth-order valence-electron chi connectivity index (χ4n) is 2.70. The number of rotatable bonds is 3. The van der Waals surface area contributed by atoms with E-state index >= 15 is 0 Å². The molecule has 1 N–H and O–H groups in total. The molecule has 0 spiro atoms. The zero-order valence-corrected chi connectivity index (χ0v) is 11.9. The molecule has 0 saturated carbocycles. The fraction of sp³-hybridized carbons (Fsp3) is 0.400. The monoisotopic (exact) mass is 274 g/mol. The van der Waals surface area contributed by atoms with Crippen molar-refractivity contribution in [2.45, 2.75) is 31.9 Å². The van der Waals surface area contributed by atoms with Gasteiger partial charge >= 0.3 is 0 Å². The van der Waals surface area contributed by atoms with Gasteiger partial charge in [-0.25, -0.2) is 0 Å². The number of aromatic nitrogens is 2. The molecule has 0 amide bonds. The highest BCUT2D eigenvalue weighted by atomic mass is 32.1. The molecule has 1 aromatic carbocycles. The average molecular weight is 274 g/mol. The van der Waals surface area contributed by atoms with E-state index in [1.807, 2.05) is 24.4 Å². The van der Waals surface area contributed by atoms with Gasteiger partial charge in [-0.2, -0.15) is 0 Å². The third kappa shape index (κ3) is 2.51. The highest BCUT2D eigenvalue weighted by Crippen LogP contribution is 2.29. The molecular weight excluding hydrogens is 256 g/mol. The molecule has 100 valence electrons. The van der Waals surface area contributed by atoms with E-state index in [2.05, 4.69) is 28.6 Å². The van der Waals surface area contributed by atoms with Crippen LogP contribution in [0.15, 0.2) is 36.5 Å². The van der Waals surface area contributed by atoms with Gasteiger partial charge in [0.15, 0.2) is 4.77 Å². The number of hydrogen-bond donors (Lipinski definition) is 1. The lowest BCUT2D eigenvalue weighted by molar-refractivity contribution is 0.00627. The normalized spacial score (nSPS) is 22.8. The molecule has 0 aliphatic carbocycles. The van der Waals surface area contributed by atoms with Crippen LogP contribution in [0.4, 0.5) is 0 Å². The number of H-pyrrole nitrogens is 1. The Hall–Kier alpha value is -1.39. The van der Waals surface area contributed by atoms with E-state index in [0.717, 1.165) is 36.5 Å². The molecule has 19 heavy (non-hydrogen) atoms. The molecule has 1 saturated heterocycles. The fourth-order valence-corrected chi connectivity index (χ4v) is 2.92. The van der Waals surface area contributed by atoms with Gasteiger partial charge in [-0.3, -0.25) is 0 Å². The number of nitrogens with one attached hydrogen (secondary N) is 1. The Morgan fingerprint density at radius 3 is 2.84 bits per heavy atom. The molecule has 2 heterocycles. The van der Waals surface area contributed by atoms with Crippen molar-refractivity contribution >= 4 is 12.2 Å². The second-order valence-electron chi connectivity index (χ2n) is 5.33. The first-order valence-electron chi connectivity index (χ1n) is 6.66. The summed E-state index contributed by atoms with van der Waals surface area (Å²) >= 11 is 5.41. The van der Waals surface area contributed by atoms with Crippen molar-refractivity contribution < 1.29 is 4.74 Å². The summed E-state index contributed by atoms with van der Waals surface area (Å²) in [5, 5.41) is 0. The zero-order chi connectivity index (χ0) is 13.3. The van der Waals surface area contributed by atoms with Crippen LogP contribution >= 0.6 is 12.2 Å². The van der Waals surface area contributed by atoms with Crippen LogP contribution < -0.4 is 0 Å². The van der Waals surface area contributed by atoms with E-state index < -0.39 is 0 Å². The summed E-state index contributed by atoms with van der Waals surface area (Å²) in [6.45, 7) is 3.83. The molecule has 0 bridgehead atoms. The molecule has 1 aliphatic rings. The number of nitrogens with zero attached hydrogens (tertiary/aromatic N) is 1. The molecule has 2 aromatic rings. The first-order chi connectivity index (χ1) is 9.18. The topological polar surface area (TPSA) is 29.9 Å². The van der Waals surface area contributed by atoms with Gasteiger partial charge in [-0.1, -0.05) is 30.3 Å². The SMILES string of the molecule is CC1(Cn2c(-c3ccccc3)c[nH]c2=S)CCCO1. The summed E-state index contributed by atoms with van der Waals surface area (Å²) < 4.78 is 8.79. The molecule has 1 aliphatic heterocycles. The minimum absolute atomic E-state index is 0.0933. The van der Waals surface area contributed by atoms with Gasteiger partial charge in [0.1, 0.15) is 0 Å². The third-order valence-corrected chi connectivity index (χ3v) is 4.07. The van der Waals surface area contributed by atoms with Gasteiger partial charge in [0.05, 0.1) is 17.8 Å². The summed E-state index contributed by atoms with van der Waals surface area (Å²) in [6.07, 6.45) is 4.21. The molecule has 1 atom stereocenters.